The van der Waals surface area contributed by atoms with Gasteiger partial charge in [-0.25, -0.2) is 0 Å². The van der Waals surface area contributed by atoms with E-state index in [1.807, 2.05) is 0 Å². The molecular weight excluding hydrogens is 160 g/mol. The molecule has 0 spiro atoms. The van der Waals surface area contributed by atoms with Crippen molar-refractivity contribution in [3.8, 4) is 0 Å². The highest BCUT2D eigenvalue weighted by Crippen LogP contribution is 2.06. The molecule has 1 radical (unpaired) electrons. The maximum absolute atomic E-state index is 4.12. The largest absolute Gasteiger partial charge is 0.261 e. The average molecular weight is 179 g/mol. The van der Waals surface area contributed by atoms with E-state index < -0.39 is 0 Å². The first-order valence-corrected chi connectivity index (χ1v) is 4.56. The van der Waals surface area contributed by atoms with E-state index in [0.29, 0.717) is 5.92 Å². The normalized spacial score (nSPS) is 9.77. The van der Waals surface area contributed by atoms with Crippen molar-refractivity contribution in [2.75, 3.05) is 0 Å². The van der Waals surface area contributed by atoms with E-state index in [-0.39, 0.29) is 0 Å². The molecule has 0 aromatic carbocycles. The van der Waals surface area contributed by atoms with E-state index in [4.69, 9.17) is 0 Å². The smallest absolute Gasteiger partial charge is 0.0612 e. The Kier molecular flexibility index (Phi) is 6.11. The third kappa shape index (κ3) is 7.44. The van der Waals surface area contributed by atoms with E-state index in [1.54, 1.807) is 18.6 Å². The van der Waals surface area contributed by atoms with Crippen LogP contribution in [0.2, 0.25) is 0 Å². The Morgan fingerprint density at radius 2 is 1.69 bits per heavy atom. The van der Waals surface area contributed by atoms with Gasteiger partial charge in [0.2, 0.25) is 0 Å². The quantitative estimate of drug-likeness (QED) is 0.661. The van der Waals surface area contributed by atoms with E-state index in [0.717, 1.165) is 5.69 Å². The zero-order chi connectivity index (χ0) is 10.3. The van der Waals surface area contributed by atoms with E-state index in [2.05, 4.69) is 44.6 Å². The first-order valence-electron chi connectivity index (χ1n) is 4.56. The van der Waals surface area contributed by atoms with Crippen molar-refractivity contribution in [2.45, 2.75) is 40.5 Å². The lowest BCUT2D eigenvalue weighted by Crippen LogP contribution is -1.91. The topological polar surface area (TPSA) is 25.8 Å². The van der Waals surface area contributed by atoms with Gasteiger partial charge in [-0.3, -0.25) is 9.97 Å². The fourth-order valence-corrected chi connectivity index (χ4v) is 0.609. The SMILES string of the molecule is CC(C)c1cnccn1.C[C](C)C. The second-order valence-corrected chi connectivity index (χ2v) is 3.78. The van der Waals surface area contributed by atoms with Crippen LogP contribution >= 0.6 is 0 Å². The Hall–Kier alpha value is -0.920. The third-order valence-corrected chi connectivity index (χ3v) is 1.17. The second kappa shape index (κ2) is 6.58. The van der Waals surface area contributed by atoms with E-state index in [1.165, 1.54) is 5.92 Å². The summed E-state index contributed by atoms with van der Waals surface area (Å²) in [6.07, 6.45) is 5.20. The van der Waals surface area contributed by atoms with E-state index in [9.17, 15) is 0 Å². The molecule has 2 nitrogen and oxygen atoms in total. The monoisotopic (exact) mass is 179 g/mol. The van der Waals surface area contributed by atoms with Crippen LogP contribution in [0.3, 0.4) is 0 Å². The molecule has 13 heavy (non-hydrogen) atoms. The highest BCUT2D eigenvalue weighted by molar-refractivity contribution is 4.99. The van der Waals surface area contributed by atoms with Crippen LogP contribution in [0, 0.1) is 5.92 Å². The molecule has 73 valence electrons. The van der Waals surface area contributed by atoms with Gasteiger partial charge in [0.05, 0.1) is 5.69 Å². The minimum absolute atomic E-state index is 0.485. The predicted octanol–water partition coefficient (Wildman–Crippen LogP) is 3.22. The van der Waals surface area contributed by atoms with Crippen LogP contribution in [0.25, 0.3) is 0 Å². The second-order valence-electron chi connectivity index (χ2n) is 3.78. The summed E-state index contributed by atoms with van der Waals surface area (Å²) >= 11 is 0. The molecule has 0 amide bonds. The van der Waals surface area contributed by atoms with Crippen molar-refractivity contribution in [3.63, 3.8) is 0 Å². The van der Waals surface area contributed by atoms with Crippen molar-refractivity contribution in [1.29, 1.82) is 0 Å². The Balaban J connectivity index is 0.000000310. The molecule has 0 N–H and O–H groups in total. The van der Waals surface area contributed by atoms with Crippen LogP contribution < -0.4 is 0 Å². The highest BCUT2D eigenvalue weighted by atomic mass is 14.8. The Labute approximate surface area is 81.4 Å². The standard InChI is InChI=1S/C7H10N2.C4H9/c1-6(2)7-5-8-3-4-9-7;1-4(2)3/h3-6H,1-2H3;1-3H3. The summed E-state index contributed by atoms with van der Waals surface area (Å²) in [5.41, 5.74) is 1.05. The van der Waals surface area contributed by atoms with Crippen molar-refractivity contribution >= 4 is 0 Å². The van der Waals surface area contributed by atoms with Gasteiger partial charge in [-0.15, -0.1) is 0 Å². The molecular formula is C11H19N2. The summed E-state index contributed by atoms with van der Waals surface area (Å²) in [6, 6.07) is 0. The fraction of sp³-hybridized carbons (Fsp3) is 0.545. The lowest BCUT2D eigenvalue weighted by atomic mass is 10.1. The summed E-state index contributed by atoms with van der Waals surface area (Å²) in [7, 11) is 0. The van der Waals surface area contributed by atoms with Crippen LogP contribution in [-0.4, -0.2) is 9.97 Å². The maximum atomic E-state index is 4.12. The Bertz CT molecular complexity index is 202. The lowest BCUT2D eigenvalue weighted by Gasteiger charge is -1.99. The minimum Gasteiger partial charge on any atom is -0.261 e. The number of rotatable bonds is 1. The minimum atomic E-state index is 0.485. The Morgan fingerprint density at radius 3 is 1.92 bits per heavy atom. The van der Waals surface area contributed by atoms with Crippen LogP contribution in [0.5, 0.6) is 0 Å². The summed E-state index contributed by atoms with van der Waals surface area (Å²) < 4.78 is 0. The van der Waals surface area contributed by atoms with Gasteiger partial charge in [0.25, 0.3) is 0 Å². The van der Waals surface area contributed by atoms with Crippen LogP contribution in [0.15, 0.2) is 18.6 Å². The molecule has 1 aromatic heterocycles. The Morgan fingerprint density at radius 1 is 1.15 bits per heavy atom. The maximum Gasteiger partial charge on any atom is 0.0612 e. The molecule has 0 fully saturated rings. The number of hydrogen-bond acceptors (Lipinski definition) is 2. The molecule has 0 bridgehead atoms. The fourth-order valence-electron chi connectivity index (χ4n) is 0.609. The molecule has 0 aliphatic heterocycles. The van der Waals surface area contributed by atoms with Gasteiger partial charge in [0, 0.05) is 18.6 Å². The van der Waals surface area contributed by atoms with Crippen LogP contribution in [0.4, 0.5) is 0 Å². The number of aromatic nitrogens is 2. The summed E-state index contributed by atoms with van der Waals surface area (Å²) in [4.78, 5) is 8.06. The molecule has 1 heterocycles. The summed E-state index contributed by atoms with van der Waals surface area (Å²) in [5, 5.41) is 0. The molecule has 0 aliphatic rings. The molecule has 0 saturated heterocycles. The molecule has 1 aromatic rings. The molecule has 2 heteroatoms. The van der Waals surface area contributed by atoms with Gasteiger partial charge in [-0.1, -0.05) is 34.6 Å². The number of hydrogen-bond donors (Lipinski definition) is 0. The van der Waals surface area contributed by atoms with Gasteiger partial charge in [0.15, 0.2) is 0 Å². The number of nitrogens with zero attached hydrogens (tertiary/aromatic N) is 2. The molecule has 0 atom stereocenters. The zero-order valence-electron chi connectivity index (χ0n) is 9.20. The van der Waals surface area contributed by atoms with E-state index >= 15 is 0 Å². The molecule has 1 rings (SSSR count). The van der Waals surface area contributed by atoms with Gasteiger partial charge in [-0.2, -0.15) is 0 Å². The lowest BCUT2D eigenvalue weighted by molar-refractivity contribution is 0.812. The van der Waals surface area contributed by atoms with Crippen molar-refractivity contribution in [2.24, 2.45) is 0 Å². The van der Waals surface area contributed by atoms with Crippen LogP contribution in [-0.2, 0) is 0 Å². The van der Waals surface area contributed by atoms with Gasteiger partial charge >= 0.3 is 0 Å². The van der Waals surface area contributed by atoms with Crippen LogP contribution in [0.1, 0.15) is 46.2 Å². The van der Waals surface area contributed by atoms with Gasteiger partial charge in [-0.05, 0) is 11.8 Å². The first-order chi connectivity index (χ1) is 6.04. The zero-order valence-corrected chi connectivity index (χ0v) is 9.20. The van der Waals surface area contributed by atoms with Crippen molar-refractivity contribution < 1.29 is 0 Å². The third-order valence-electron chi connectivity index (χ3n) is 1.17. The van der Waals surface area contributed by atoms with Gasteiger partial charge in [0.1, 0.15) is 0 Å². The average Bonchev–Trinajstić information content (AvgIpc) is 2.05. The van der Waals surface area contributed by atoms with Crippen molar-refractivity contribution in [1.82, 2.24) is 9.97 Å². The summed E-state index contributed by atoms with van der Waals surface area (Å²) in [6.45, 7) is 10.5. The summed E-state index contributed by atoms with van der Waals surface area (Å²) in [5.74, 6) is 1.90. The van der Waals surface area contributed by atoms with Gasteiger partial charge < -0.3 is 0 Å². The first kappa shape index (κ1) is 12.1. The predicted molar refractivity (Wildman–Crippen MR) is 56.4 cm³/mol. The highest BCUT2D eigenvalue weighted by Gasteiger charge is 1.96. The molecule has 0 aliphatic carbocycles. The molecule has 0 saturated carbocycles. The van der Waals surface area contributed by atoms with Crippen molar-refractivity contribution in [3.05, 3.63) is 30.2 Å². The molecule has 0 unspecified atom stereocenters.